The number of aromatic nitrogens is 1. The highest BCUT2D eigenvalue weighted by Gasteiger charge is 2.17. The lowest BCUT2D eigenvalue weighted by molar-refractivity contribution is 0.102. The van der Waals surface area contributed by atoms with Crippen molar-refractivity contribution in [3.8, 4) is 11.3 Å². The van der Waals surface area contributed by atoms with Gasteiger partial charge in [-0.15, -0.1) is 0 Å². The van der Waals surface area contributed by atoms with Gasteiger partial charge >= 0.3 is 0 Å². The smallest absolute Gasteiger partial charge is 0.256 e. The Balaban J connectivity index is 1.55. The van der Waals surface area contributed by atoms with Crippen LogP contribution in [0.2, 0.25) is 5.02 Å². The average Bonchev–Trinajstić information content (AvgIpc) is 3.22. The van der Waals surface area contributed by atoms with Crippen molar-refractivity contribution in [2.24, 2.45) is 5.10 Å². The van der Waals surface area contributed by atoms with E-state index in [1.165, 1.54) is 29.0 Å². The number of carbonyl (C=O) groups is 1. The third-order valence-electron chi connectivity index (χ3n) is 5.23. The fourth-order valence-corrected chi connectivity index (χ4v) is 4.22. The molecule has 8 heteroatoms. The number of carbonyl (C=O) groups excluding carboxylic acids is 1. The molecule has 0 aliphatic heterocycles. The average molecular weight is 507 g/mol. The lowest BCUT2D eigenvalue weighted by Gasteiger charge is -2.18. The third kappa shape index (κ3) is 6.32. The molecule has 0 aliphatic rings. The highest BCUT2D eigenvalue weighted by atomic mass is 35.5. The summed E-state index contributed by atoms with van der Waals surface area (Å²) in [7, 11) is 0. The van der Waals surface area contributed by atoms with Crippen LogP contribution in [0, 0.1) is 5.82 Å². The Hall–Kier alpha value is -3.55. The Bertz CT molecular complexity index is 1340. The summed E-state index contributed by atoms with van der Waals surface area (Å²) in [5, 5.41) is 8.74. The van der Waals surface area contributed by atoms with E-state index in [2.05, 4.69) is 53.7 Å². The first-order valence-corrected chi connectivity index (χ1v) is 12.1. The van der Waals surface area contributed by atoms with Crippen LogP contribution in [0.15, 0.2) is 77.9 Å². The number of amides is 1. The molecule has 5 nitrogen and oxygen atoms in total. The summed E-state index contributed by atoms with van der Waals surface area (Å²) in [5.74, 6) is -0.654. The second-order valence-electron chi connectivity index (χ2n) is 8.91. The fraction of sp³-hybridized carbons (Fsp3) is 0.148. The molecule has 0 saturated carbocycles. The predicted octanol–water partition coefficient (Wildman–Crippen LogP) is 7.60. The number of nitrogens with one attached hydrogen (secondary N) is 2. The number of halogens is 2. The number of anilines is 2. The van der Waals surface area contributed by atoms with Gasteiger partial charge in [0.05, 0.1) is 6.21 Å². The van der Waals surface area contributed by atoms with Gasteiger partial charge in [-0.3, -0.25) is 10.2 Å². The maximum absolute atomic E-state index is 13.5. The van der Waals surface area contributed by atoms with Crippen molar-refractivity contribution in [2.75, 3.05) is 10.7 Å². The van der Waals surface area contributed by atoms with E-state index in [0.717, 1.165) is 5.56 Å². The zero-order valence-corrected chi connectivity index (χ0v) is 21.0. The van der Waals surface area contributed by atoms with Gasteiger partial charge < -0.3 is 5.32 Å². The molecule has 0 aliphatic carbocycles. The minimum Gasteiger partial charge on any atom is -0.312 e. The number of benzene rings is 3. The van der Waals surface area contributed by atoms with Gasteiger partial charge in [-0.05, 0) is 65.1 Å². The number of hydrogen-bond acceptors (Lipinski definition) is 5. The summed E-state index contributed by atoms with van der Waals surface area (Å²) < 4.78 is 13.5. The van der Waals surface area contributed by atoms with Crippen molar-refractivity contribution < 1.29 is 9.18 Å². The topological polar surface area (TPSA) is 66.4 Å². The molecule has 0 fully saturated rings. The van der Waals surface area contributed by atoms with Crippen LogP contribution < -0.4 is 10.7 Å². The quantitative estimate of drug-likeness (QED) is 0.209. The molecule has 3 aromatic carbocycles. The first-order valence-electron chi connectivity index (χ1n) is 10.9. The Morgan fingerprint density at radius 3 is 2.29 bits per heavy atom. The van der Waals surface area contributed by atoms with Gasteiger partial charge in [0.2, 0.25) is 5.13 Å². The molecule has 35 heavy (non-hydrogen) atoms. The summed E-state index contributed by atoms with van der Waals surface area (Å²) in [6, 6.07) is 20.7. The van der Waals surface area contributed by atoms with E-state index >= 15 is 0 Å². The minimum atomic E-state index is -0.351. The van der Waals surface area contributed by atoms with E-state index in [1.54, 1.807) is 42.6 Å². The van der Waals surface area contributed by atoms with Crippen LogP contribution in [0.1, 0.15) is 42.3 Å². The van der Waals surface area contributed by atoms with E-state index in [0.29, 0.717) is 32.0 Å². The van der Waals surface area contributed by atoms with E-state index in [1.807, 2.05) is 12.1 Å². The molecular formula is C27H24ClFN4OS. The zero-order chi connectivity index (χ0) is 25.0. The second-order valence-corrected chi connectivity index (χ2v) is 10.3. The first-order chi connectivity index (χ1) is 16.7. The first kappa shape index (κ1) is 24.6. The van der Waals surface area contributed by atoms with Gasteiger partial charge in [-0.1, -0.05) is 68.0 Å². The summed E-state index contributed by atoms with van der Waals surface area (Å²) in [6.07, 6.45) is 1.71. The SMILES string of the molecule is CC(C)(C)c1ccc(/C=N/Nc2nc(-c3ccc(F)cc3)c(NC(=O)c3ccc(Cl)cc3)s2)cc1. The molecule has 0 spiro atoms. The van der Waals surface area contributed by atoms with Gasteiger partial charge in [0.1, 0.15) is 16.5 Å². The highest BCUT2D eigenvalue weighted by Crippen LogP contribution is 2.36. The van der Waals surface area contributed by atoms with E-state index in [9.17, 15) is 9.18 Å². The number of hydrazone groups is 1. The molecule has 4 aromatic rings. The van der Waals surface area contributed by atoms with Crippen molar-refractivity contribution in [1.29, 1.82) is 0 Å². The number of nitrogens with zero attached hydrogens (tertiary/aromatic N) is 2. The maximum atomic E-state index is 13.5. The monoisotopic (exact) mass is 506 g/mol. The van der Waals surface area contributed by atoms with Crippen LogP contribution in [0.4, 0.5) is 14.5 Å². The second kappa shape index (κ2) is 10.4. The molecule has 0 atom stereocenters. The van der Waals surface area contributed by atoms with Gasteiger partial charge in [0.15, 0.2) is 0 Å². The Morgan fingerprint density at radius 1 is 1.00 bits per heavy atom. The van der Waals surface area contributed by atoms with E-state index < -0.39 is 0 Å². The third-order valence-corrected chi connectivity index (χ3v) is 6.36. The number of rotatable bonds is 6. The van der Waals surface area contributed by atoms with Crippen LogP contribution in [-0.2, 0) is 5.41 Å². The van der Waals surface area contributed by atoms with Crippen LogP contribution in [0.3, 0.4) is 0 Å². The Morgan fingerprint density at radius 2 is 1.66 bits per heavy atom. The van der Waals surface area contributed by atoms with Crippen LogP contribution in [-0.4, -0.2) is 17.1 Å². The number of thiazole rings is 1. The van der Waals surface area contributed by atoms with Crippen molar-refractivity contribution in [1.82, 2.24) is 4.98 Å². The number of hydrogen-bond donors (Lipinski definition) is 2. The molecule has 0 saturated heterocycles. The summed E-state index contributed by atoms with van der Waals surface area (Å²) in [4.78, 5) is 17.4. The summed E-state index contributed by atoms with van der Waals surface area (Å²) in [5.41, 5.74) is 6.85. The minimum absolute atomic E-state index is 0.0818. The molecule has 0 bridgehead atoms. The summed E-state index contributed by atoms with van der Waals surface area (Å²) >= 11 is 7.16. The molecule has 1 aromatic heterocycles. The highest BCUT2D eigenvalue weighted by molar-refractivity contribution is 7.20. The van der Waals surface area contributed by atoms with Gasteiger partial charge in [-0.25, -0.2) is 9.37 Å². The van der Waals surface area contributed by atoms with Crippen LogP contribution in [0.25, 0.3) is 11.3 Å². The van der Waals surface area contributed by atoms with E-state index in [-0.39, 0.29) is 17.1 Å². The largest absolute Gasteiger partial charge is 0.312 e. The van der Waals surface area contributed by atoms with Gasteiger partial charge in [0.25, 0.3) is 5.91 Å². The molecule has 0 radical (unpaired) electrons. The fourth-order valence-electron chi connectivity index (χ4n) is 3.26. The molecular weight excluding hydrogens is 483 g/mol. The molecule has 1 heterocycles. The summed E-state index contributed by atoms with van der Waals surface area (Å²) in [6.45, 7) is 6.51. The van der Waals surface area contributed by atoms with Crippen molar-refractivity contribution in [2.45, 2.75) is 26.2 Å². The lowest BCUT2D eigenvalue weighted by atomic mass is 9.87. The van der Waals surface area contributed by atoms with Gasteiger partial charge in [0, 0.05) is 16.1 Å². The molecule has 0 unspecified atom stereocenters. The predicted molar refractivity (Wildman–Crippen MR) is 143 cm³/mol. The molecule has 2 N–H and O–H groups in total. The van der Waals surface area contributed by atoms with Crippen molar-refractivity contribution in [3.05, 3.63) is 100 Å². The standard InChI is InChI=1S/C27H24ClFN4OS/c1-27(2,3)20-10-4-17(5-11-20)16-30-33-26-31-23(18-8-14-22(29)15-9-18)25(35-26)32-24(34)19-6-12-21(28)13-7-19/h4-16H,1-3H3,(H,31,33)(H,32,34)/b30-16+. The maximum Gasteiger partial charge on any atom is 0.256 e. The van der Waals surface area contributed by atoms with Gasteiger partial charge in [-0.2, -0.15) is 5.10 Å². The lowest BCUT2D eigenvalue weighted by Crippen LogP contribution is -2.11. The zero-order valence-electron chi connectivity index (χ0n) is 19.5. The molecule has 178 valence electrons. The molecule has 4 rings (SSSR count). The van der Waals surface area contributed by atoms with Crippen LogP contribution >= 0.6 is 22.9 Å². The van der Waals surface area contributed by atoms with Crippen molar-refractivity contribution in [3.63, 3.8) is 0 Å². The van der Waals surface area contributed by atoms with Crippen molar-refractivity contribution >= 4 is 45.2 Å². The van der Waals surface area contributed by atoms with E-state index in [4.69, 9.17) is 11.6 Å². The Labute approximate surface area is 212 Å². The molecule has 1 amide bonds. The van der Waals surface area contributed by atoms with Crippen LogP contribution in [0.5, 0.6) is 0 Å². The normalized spacial score (nSPS) is 11.6. The Kier molecular flexibility index (Phi) is 7.28.